The van der Waals surface area contributed by atoms with E-state index in [0.717, 1.165) is 22.6 Å². The Labute approximate surface area is 163 Å². The average molecular weight is 381 g/mol. The quantitative estimate of drug-likeness (QED) is 0.619. The van der Waals surface area contributed by atoms with Crippen LogP contribution in [0.5, 0.6) is 11.5 Å². The van der Waals surface area contributed by atoms with Crippen molar-refractivity contribution in [2.45, 2.75) is 20.0 Å². The fraction of sp³-hybridized carbons (Fsp3) is 0.250. The summed E-state index contributed by atoms with van der Waals surface area (Å²) >= 11 is 0. The number of para-hydroxylation sites is 2. The van der Waals surface area contributed by atoms with Gasteiger partial charge in [-0.3, -0.25) is 4.79 Å². The lowest BCUT2D eigenvalue weighted by Crippen LogP contribution is -2.13. The number of aromatic nitrogens is 3. The maximum absolute atomic E-state index is 11.9. The standard InChI is InChI=1S/C20H23N5O3/c1-14(26)25-20(22-13-16-9-5-7-11-18(16)28-3)23-19(24-25)21-12-15-8-4-6-10-17(15)27-2/h4-11H,12-13H2,1-3H3,(H2,21,22,23,24). The van der Waals surface area contributed by atoms with Gasteiger partial charge in [0, 0.05) is 31.1 Å². The molecule has 0 spiro atoms. The molecule has 3 aromatic rings. The third kappa shape index (κ3) is 4.40. The summed E-state index contributed by atoms with van der Waals surface area (Å²) in [5.74, 6) is 2.01. The molecule has 8 nitrogen and oxygen atoms in total. The summed E-state index contributed by atoms with van der Waals surface area (Å²) in [7, 11) is 3.25. The van der Waals surface area contributed by atoms with Crippen LogP contribution in [0.2, 0.25) is 0 Å². The van der Waals surface area contributed by atoms with Crippen molar-refractivity contribution in [3.63, 3.8) is 0 Å². The van der Waals surface area contributed by atoms with Crippen LogP contribution in [0, 0.1) is 0 Å². The lowest BCUT2D eigenvalue weighted by molar-refractivity contribution is 0.0924. The second-order valence-corrected chi connectivity index (χ2v) is 6.02. The van der Waals surface area contributed by atoms with Crippen molar-refractivity contribution < 1.29 is 14.3 Å². The van der Waals surface area contributed by atoms with E-state index in [2.05, 4.69) is 20.7 Å². The second-order valence-electron chi connectivity index (χ2n) is 6.02. The molecule has 2 N–H and O–H groups in total. The zero-order valence-electron chi connectivity index (χ0n) is 16.1. The van der Waals surface area contributed by atoms with E-state index in [-0.39, 0.29) is 5.91 Å². The molecule has 0 bridgehead atoms. The van der Waals surface area contributed by atoms with E-state index in [1.54, 1.807) is 14.2 Å². The highest BCUT2D eigenvalue weighted by atomic mass is 16.5. The molecule has 0 aliphatic carbocycles. The van der Waals surface area contributed by atoms with Gasteiger partial charge < -0.3 is 20.1 Å². The first-order chi connectivity index (χ1) is 13.6. The van der Waals surface area contributed by atoms with Gasteiger partial charge in [-0.2, -0.15) is 9.67 Å². The summed E-state index contributed by atoms with van der Waals surface area (Å²) in [6.07, 6.45) is 0. The van der Waals surface area contributed by atoms with Crippen LogP contribution in [0.3, 0.4) is 0 Å². The summed E-state index contributed by atoms with van der Waals surface area (Å²) in [4.78, 5) is 16.3. The summed E-state index contributed by atoms with van der Waals surface area (Å²) in [6, 6.07) is 15.3. The largest absolute Gasteiger partial charge is 0.496 e. The maximum atomic E-state index is 11.9. The number of hydrogen-bond acceptors (Lipinski definition) is 7. The van der Waals surface area contributed by atoms with Gasteiger partial charge in [-0.1, -0.05) is 36.4 Å². The molecule has 0 atom stereocenters. The summed E-state index contributed by atoms with van der Waals surface area (Å²) in [5, 5.41) is 10.5. The van der Waals surface area contributed by atoms with Crippen molar-refractivity contribution in [2.24, 2.45) is 0 Å². The smallest absolute Gasteiger partial charge is 0.247 e. The van der Waals surface area contributed by atoms with E-state index in [1.807, 2.05) is 48.5 Å². The first-order valence-corrected chi connectivity index (χ1v) is 8.82. The van der Waals surface area contributed by atoms with Crippen LogP contribution in [-0.4, -0.2) is 34.9 Å². The van der Waals surface area contributed by atoms with Crippen molar-refractivity contribution in [1.82, 2.24) is 14.8 Å². The Morgan fingerprint density at radius 3 is 2.00 bits per heavy atom. The zero-order valence-corrected chi connectivity index (χ0v) is 16.1. The number of carbonyl (C=O) groups excluding carboxylic acids is 1. The van der Waals surface area contributed by atoms with Crippen LogP contribution in [0.1, 0.15) is 22.8 Å². The topological polar surface area (TPSA) is 90.3 Å². The molecule has 28 heavy (non-hydrogen) atoms. The van der Waals surface area contributed by atoms with E-state index in [0.29, 0.717) is 25.0 Å². The molecule has 0 saturated heterocycles. The van der Waals surface area contributed by atoms with E-state index in [9.17, 15) is 4.79 Å². The van der Waals surface area contributed by atoms with Gasteiger partial charge in [0.15, 0.2) is 0 Å². The second kappa shape index (κ2) is 8.90. The molecule has 2 aromatic carbocycles. The highest BCUT2D eigenvalue weighted by molar-refractivity contribution is 5.78. The Morgan fingerprint density at radius 2 is 1.46 bits per heavy atom. The van der Waals surface area contributed by atoms with E-state index < -0.39 is 0 Å². The number of rotatable bonds is 8. The minimum absolute atomic E-state index is 0.236. The van der Waals surface area contributed by atoms with Gasteiger partial charge in [0.05, 0.1) is 14.2 Å². The van der Waals surface area contributed by atoms with Gasteiger partial charge in [0.2, 0.25) is 17.8 Å². The number of methoxy groups -OCH3 is 2. The van der Waals surface area contributed by atoms with Gasteiger partial charge >= 0.3 is 0 Å². The minimum atomic E-state index is -0.236. The first kappa shape index (κ1) is 19.2. The Kier molecular flexibility index (Phi) is 6.11. The van der Waals surface area contributed by atoms with E-state index in [1.165, 1.54) is 11.6 Å². The Morgan fingerprint density at radius 1 is 0.929 bits per heavy atom. The SMILES string of the molecule is COc1ccccc1CNc1nc(NCc2ccccc2OC)n(C(C)=O)n1. The molecule has 1 aromatic heterocycles. The first-order valence-electron chi connectivity index (χ1n) is 8.82. The summed E-state index contributed by atoms with van der Waals surface area (Å²) in [6.45, 7) is 2.35. The molecule has 0 unspecified atom stereocenters. The van der Waals surface area contributed by atoms with Crippen LogP contribution in [0.15, 0.2) is 48.5 Å². The predicted octanol–water partition coefficient (Wildman–Crippen LogP) is 3.18. The third-order valence-electron chi connectivity index (χ3n) is 4.16. The fourth-order valence-electron chi connectivity index (χ4n) is 2.77. The lowest BCUT2D eigenvalue weighted by Gasteiger charge is -2.09. The van der Waals surface area contributed by atoms with Crippen LogP contribution < -0.4 is 20.1 Å². The number of nitrogens with zero attached hydrogens (tertiary/aromatic N) is 3. The average Bonchev–Trinajstić information content (AvgIpc) is 3.14. The van der Waals surface area contributed by atoms with Crippen LogP contribution in [0.4, 0.5) is 11.9 Å². The molecular weight excluding hydrogens is 358 g/mol. The number of anilines is 2. The molecule has 0 saturated carbocycles. The number of ether oxygens (including phenoxy) is 2. The minimum Gasteiger partial charge on any atom is -0.496 e. The third-order valence-corrected chi connectivity index (χ3v) is 4.16. The molecule has 146 valence electrons. The Bertz CT molecular complexity index is 955. The molecule has 8 heteroatoms. The van der Waals surface area contributed by atoms with Crippen molar-refractivity contribution in [1.29, 1.82) is 0 Å². The van der Waals surface area contributed by atoms with Gasteiger partial charge in [-0.15, -0.1) is 5.10 Å². The van der Waals surface area contributed by atoms with Gasteiger partial charge in [0.25, 0.3) is 0 Å². The van der Waals surface area contributed by atoms with Crippen molar-refractivity contribution >= 4 is 17.8 Å². The van der Waals surface area contributed by atoms with E-state index in [4.69, 9.17) is 9.47 Å². The highest BCUT2D eigenvalue weighted by Gasteiger charge is 2.14. The van der Waals surface area contributed by atoms with Crippen molar-refractivity contribution in [2.75, 3.05) is 24.9 Å². The van der Waals surface area contributed by atoms with Crippen LogP contribution >= 0.6 is 0 Å². The van der Waals surface area contributed by atoms with Crippen LogP contribution in [0.25, 0.3) is 0 Å². The van der Waals surface area contributed by atoms with E-state index >= 15 is 0 Å². The molecule has 0 fully saturated rings. The number of carbonyl (C=O) groups is 1. The molecular formula is C20H23N5O3. The monoisotopic (exact) mass is 381 g/mol. The van der Waals surface area contributed by atoms with Gasteiger partial charge in [-0.05, 0) is 12.1 Å². The normalized spacial score (nSPS) is 10.4. The van der Waals surface area contributed by atoms with Crippen molar-refractivity contribution in [3.8, 4) is 11.5 Å². The Hall–Kier alpha value is -3.55. The van der Waals surface area contributed by atoms with Gasteiger partial charge in [-0.25, -0.2) is 0 Å². The van der Waals surface area contributed by atoms with Crippen molar-refractivity contribution in [3.05, 3.63) is 59.7 Å². The molecule has 1 heterocycles. The predicted molar refractivity (Wildman–Crippen MR) is 107 cm³/mol. The molecule has 0 aliphatic heterocycles. The molecule has 3 rings (SSSR count). The summed E-state index contributed by atoms with van der Waals surface area (Å²) < 4.78 is 11.9. The Balaban J connectivity index is 1.73. The number of benzene rings is 2. The lowest BCUT2D eigenvalue weighted by atomic mass is 10.2. The number of hydrogen-bond donors (Lipinski definition) is 2. The molecule has 0 aliphatic rings. The van der Waals surface area contributed by atoms with Crippen LogP contribution in [-0.2, 0) is 13.1 Å². The zero-order chi connectivity index (χ0) is 19.9. The maximum Gasteiger partial charge on any atom is 0.247 e. The highest BCUT2D eigenvalue weighted by Crippen LogP contribution is 2.20. The number of nitrogens with one attached hydrogen (secondary N) is 2. The van der Waals surface area contributed by atoms with Gasteiger partial charge in [0.1, 0.15) is 11.5 Å². The summed E-state index contributed by atoms with van der Waals surface area (Å²) in [5.41, 5.74) is 1.92. The fourth-order valence-corrected chi connectivity index (χ4v) is 2.77. The molecule has 0 radical (unpaired) electrons. The molecule has 0 amide bonds.